The summed E-state index contributed by atoms with van der Waals surface area (Å²) in [6.45, 7) is 9.51. The maximum atomic E-state index is 13.0. The van der Waals surface area contributed by atoms with Gasteiger partial charge < -0.3 is 9.47 Å². The molecular weight excluding hydrogens is 300 g/mol. The zero-order valence-corrected chi connectivity index (χ0v) is 15.6. The van der Waals surface area contributed by atoms with Gasteiger partial charge in [0.2, 0.25) is 0 Å². The van der Waals surface area contributed by atoms with Gasteiger partial charge in [-0.15, -0.1) is 0 Å². The van der Waals surface area contributed by atoms with E-state index >= 15 is 0 Å². The van der Waals surface area contributed by atoms with E-state index in [1.165, 1.54) is 11.1 Å². The topological polar surface area (TPSA) is 35.5 Å². The average Bonchev–Trinajstić information content (AvgIpc) is 2.96. The summed E-state index contributed by atoms with van der Waals surface area (Å²) in [6.07, 6.45) is 4.47. The number of aryl methyl sites for hydroxylation is 1. The van der Waals surface area contributed by atoms with Crippen molar-refractivity contribution in [3.05, 3.63) is 35.4 Å². The fourth-order valence-electron chi connectivity index (χ4n) is 3.51. The van der Waals surface area contributed by atoms with Crippen molar-refractivity contribution in [1.29, 1.82) is 0 Å². The molecule has 1 aliphatic rings. The molecule has 1 aliphatic carbocycles. The van der Waals surface area contributed by atoms with Gasteiger partial charge >= 0.3 is 5.97 Å². The largest absolute Gasteiger partial charge is 0.465 e. The molecule has 134 valence electrons. The normalized spacial score (nSPS) is 23.6. The number of benzene rings is 1. The van der Waals surface area contributed by atoms with E-state index < -0.39 is 5.41 Å². The lowest BCUT2D eigenvalue weighted by Gasteiger charge is -2.33. The highest BCUT2D eigenvalue weighted by molar-refractivity contribution is 5.78. The molecular formula is C21H32O3. The third kappa shape index (κ3) is 4.60. The van der Waals surface area contributed by atoms with Crippen LogP contribution >= 0.6 is 0 Å². The number of hydrogen-bond donors (Lipinski definition) is 0. The van der Waals surface area contributed by atoms with Crippen LogP contribution in [0.3, 0.4) is 0 Å². The molecule has 0 bridgehead atoms. The quantitative estimate of drug-likeness (QED) is 0.647. The van der Waals surface area contributed by atoms with Gasteiger partial charge in [0.25, 0.3) is 0 Å². The van der Waals surface area contributed by atoms with Gasteiger partial charge in [0.05, 0.1) is 18.1 Å². The Morgan fingerprint density at radius 2 is 2.00 bits per heavy atom. The van der Waals surface area contributed by atoms with Crippen LogP contribution < -0.4 is 0 Å². The maximum Gasteiger partial charge on any atom is 0.315 e. The molecule has 0 aliphatic heterocycles. The molecule has 2 atom stereocenters. The Morgan fingerprint density at radius 1 is 1.29 bits per heavy atom. The molecule has 1 fully saturated rings. The molecule has 0 aromatic heterocycles. The molecule has 0 saturated heterocycles. The van der Waals surface area contributed by atoms with E-state index in [9.17, 15) is 4.79 Å². The summed E-state index contributed by atoms with van der Waals surface area (Å²) in [5, 5.41) is 0. The van der Waals surface area contributed by atoms with Crippen molar-refractivity contribution in [2.24, 2.45) is 11.3 Å². The molecule has 0 radical (unpaired) electrons. The van der Waals surface area contributed by atoms with E-state index in [-0.39, 0.29) is 12.1 Å². The van der Waals surface area contributed by atoms with Crippen LogP contribution in [0.2, 0.25) is 0 Å². The van der Waals surface area contributed by atoms with Gasteiger partial charge in [0, 0.05) is 6.61 Å². The highest BCUT2D eigenvalue weighted by atomic mass is 16.5. The number of carbonyl (C=O) groups is 1. The molecule has 0 heterocycles. The predicted molar refractivity (Wildman–Crippen MR) is 97.0 cm³/mol. The van der Waals surface area contributed by atoms with Crippen LogP contribution in [0.1, 0.15) is 57.6 Å². The van der Waals surface area contributed by atoms with Crippen molar-refractivity contribution in [1.82, 2.24) is 0 Å². The van der Waals surface area contributed by atoms with Crippen molar-refractivity contribution in [2.75, 3.05) is 13.2 Å². The molecule has 3 heteroatoms. The van der Waals surface area contributed by atoms with E-state index in [2.05, 4.69) is 52.0 Å². The van der Waals surface area contributed by atoms with Crippen LogP contribution in [0.5, 0.6) is 0 Å². The van der Waals surface area contributed by atoms with Crippen molar-refractivity contribution in [3.8, 4) is 0 Å². The van der Waals surface area contributed by atoms with Gasteiger partial charge in [-0.05, 0) is 50.5 Å². The number of carbonyl (C=O) groups excluding carboxylic acids is 1. The van der Waals surface area contributed by atoms with Crippen molar-refractivity contribution < 1.29 is 14.3 Å². The van der Waals surface area contributed by atoms with Gasteiger partial charge in [0.15, 0.2) is 0 Å². The first kappa shape index (κ1) is 19.0. The summed E-state index contributed by atoms with van der Waals surface area (Å²) in [6, 6.07) is 8.47. The Labute approximate surface area is 146 Å². The summed E-state index contributed by atoms with van der Waals surface area (Å²) in [4.78, 5) is 13.0. The van der Waals surface area contributed by atoms with Crippen LogP contribution in [0, 0.1) is 18.3 Å². The van der Waals surface area contributed by atoms with Crippen molar-refractivity contribution in [3.63, 3.8) is 0 Å². The van der Waals surface area contributed by atoms with Crippen LogP contribution in [-0.4, -0.2) is 25.3 Å². The minimum Gasteiger partial charge on any atom is -0.465 e. The van der Waals surface area contributed by atoms with E-state index in [0.29, 0.717) is 25.6 Å². The van der Waals surface area contributed by atoms with Gasteiger partial charge in [-0.2, -0.15) is 0 Å². The minimum atomic E-state index is -0.528. The van der Waals surface area contributed by atoms with E-state index in [1.54, 1.807) is 0 Å². The summed E-state index contributed by atoms with van der Waals surface area (Å²) >= 11 is 0. The number of esters is 1. The lowest BCUT2D eigenvalue weighted by Crippen LogP contribution is -2.43. The minimum absolute atomic E-state index is 0.0292. The van der Waals surface area contributed by atoms with Crippen molar-refractivity contribution >= 4 is 5.97 Å². The number of hydrogen-bond acceptors (Lipinski definition) is 3. The third-order valence-electron chi connectivity index (χ3n) is 4.82. The molecule has 1 aromatic rings. The summed E-state index contributed by atoms with van der Waals surface area (Å²) in [5.74, 6) is 0.275. The Balaban J connectivity index is 2.22. The van der Waals surface area contributed by atoms with Gasteiger partial charge in [-0.1, -0.05) is 50.6 Å². The molecule has 1 aromatic carbocycles. The van der Waals surface area contributed by atoms with Crippen molar-refractivity contribution in [2.45, 2.75) is 65.9 Å². The zero-order valence-electron chi connectivity index (χ0n) is 15.6. The molecule has 2 unspecified atom stereocenters. The third-order valence-corrected chi connectivity index (χ3v) is 4.82. The van der Waals surface area contributed by atoms with Crippen LogP contribution in [0.4, 0.5) is 0 Å². The summed E-state index contributed by atoms with van der Waals surface area (Å²) in [5.41, 5.74) is 1.90. The second kappa shape index (κ2) is 8.66. The molecule has 0 spiro atoms. The first-order chi connectivity index (χ1) is 11.5. The van der Waals surface area contributed by atoms with E-state index in [4.69, 9.17) is 9.47 Å². The summed E-state index contributed by atoms with van der Waals surface area (Å²) < 4.78 is 11.8. The average molecular weight is 332 g/mol. The Kier molecular flexibility index (Phi) is 6.85. The summed E-state index contributed by atoms with van der Waals surface area (Å²) in [7, 11) is 0. The zero-order chi connectivity index (χ0) is 17.6. The standard InChI is InChI=1S/C21H32O3/c1-5-13-23-19-7-6-12-21(19,20(22)24-15-16(2)3)14-18-10-8-17(4)9-11-18/h8-11,16,19H,5-7,12-15H2,1-4H3. The van der Waals surface area contributed by atoms with Crippen LogP contribution in [0.25, 0.3) is 0 Å². The highest BCUT2D eigenvalue weighted by Crippen LogP contribution is 2.44. The lowest BCUT2D eigenvalue weighted by molar-refractivity contribution is -0.165. The van der Waals surface area contributed by atoms with Gasteiger partial charge in [0.1, 0.15) is 0 Å². The van der Waals surface area contributed by atoms with E-state index in [1.807, 2.05) is 0 Å². The number of rotatable bonds is 8. The first-order valence-corrected chi connectivity index (χ1v) is 9.32. The maximum absolute atomic E-state index is 13.0. The Hall–Kier alpha value is -1.35. The smallest absolute Gasteiger partial charge is 0.315 e. The van der Waals surface area contributed by atoms with Crippen LogP contribution in [-0.2, 0) is 20.7 Å². The fourth-order valence-corrected chi connectivity index (χ4v) is 3.51. The molecule has 0 N–H and O–H groups in total. The van der Waals surface area contributed by atoms with Gasteiger partial charge in [-0.25, -0.2) is 0 Å². The lowest BCUT2D eigenvalue weighted by atomic mass is 9.78. The highest BCUT2D eigenvalue weighted by Gasteiger charge is 2.51. The first-order valence-electron chi connectivity index (χ1n) is 9.32. The predicted octanol–water partition coefficient (Wildman–Crippen LogP) is 4.70. The molecule has 1 saturated carbocycles. The Morgan fingerprint density at radius 3 is 2.62 bits per heavy atom. The SMILES string of the molecule is CCCOC1CCCC1(Cc1ccc(C)cc1)C(=O)OCC(C)C. The fraction of sp³-hybridized carbons (Fsp3) is 0.667. The molecule has 0 amide bonds. The second-order valence-corrected chi connectivity index (χ2v) is 7.56. The van der Waals surface area contributed by atoms with E-state index in [0.717, 1.165) is 25.7 Å². The van der Waals surface area contributed by atoms with Crippen LogP contribution in [0.15, 0.2) is 24.3 Å². The molecule has 24 heavy (non-hydrogen) atoms. The number of ether oxygens (including phenoxy) is 2. The second-order valence-electron chi connectivity index (χ2n) is 7.56. The Bertz CT molecular complexity index is 520. The molecule has 2 rings (SSSR count). The molecule has 3 nitrogen and oxygen atoms in total. The van der Waals surface area contributed by atoms with Gasteiger partial charge in [-0.3, -0.25) is 4.79 Å². The monoisotopic (exact) mass is 332 g/mol.